The van der Waals surface area contributed by atoms with E-state index < -0.39 is 0 Å². The molecule has 112 valence electrons. The van der Waals surface area contributed by atoms with Crippen LogP contribution in [-0.4, -0.2) is 42.3 Å². The summed E-state index contributed by atoms with van der Waals surface area (Å²) in [7, 11) is 0. The Morgan fingerprint density at radius 3 is 2.52 bits per heavy atom. The topological polar surface area (TPSA) is 64.3 Å². The van der Waals surface area contributed by atoms with Crippen molar-refractivity contribution in [3.63, 3.8) is 0 Å². The molecule has 0 spiro atoms. The Morgan fingerprint density at radius 2 is 1.86 bits per heavy atom. The minimum absolute atomic E-state index is 0.332. The van der Waals surface area contributed by atoms with Crippen LogP contribution in [0.15, 0.2) is 24.3 Å². The number of nitrogens with zero attached hydrogens (tertiary/aromatic N) is 3. The highest BCUT2D eigenvalue weighted by atomic mass is 16.5. The highest BCUT2D eigenvalue weighted by Gasteiger charge is 2.22. The van der Waals surface area contributed by atoms with Gasteiger partial charge in [-0.25, -0.2) is 9.97 Å². The molecule has 1 saturated heterocycles. The number of benzene rings is 1. The lowest BCUT2D eigenvalue weighted by Gasteiger charge is -2.33. The molecule has 2 heterocycles. The SMILES string of the molecule is Cc1nc2ccccc2nc1N1CCC(OCCN)CC1. The van der Waals surface area contributed by atoms with Gasteiger partial charge in [-0.15, -0.1) is 0 Å². The molecule has 1 aliphatic rings. The second-order valence-electron chi connectivity index (χ2n) is 5.47. The van der Waals surface area contributed by atoms with Crippen LogP contribution in [0.3, 0.4) is 0 Å². The quantitative estimate of drug-likeness (QED) is 0.929. The van der Waals surface area contributed by atoms with E-state index in [4.69, 9.17) is 15.5 Å². The first-order valence-corrected chi connectivity index (χ1v) is 7.58. The molecular weight excluding hydrogens is 264 g/mol. The van der Waals surface area contributed by atoms with E-state index in [2.05, 4.69) is 9.88 Å². The molecule has 5 nitrogen and oxygen atoms in total. The van der Waals surface area contributed by atoms with Crippen molar-refractivity contribution in [2.45, 2.75) is 25.9 Å². The van der Waals surface area contributed by atoms with Crippen LogP contribution in [-0.2, 0) is 4.74 Å². The third kappa shape index (κ3) is 3.14. The first kappa shape index (κ1) is 14.2. The van der Waals surface area contributed by atoms with E-state index in [1.807, 2.05) is 31.2 Å². The van der Waals surface area contributed by atoms with Gasteiger partial charge in [-0.2, -0.15) is 0 Å². The molecule has 0 atom stereocenters. The molecule has 0 unspecified atom stereocenters. The van der Waals surface area contributed by atoms with Crippen molar-refractivity contribution in [1.29, 1.82) is 0 Å². The number of hydrogen-bond acceptors (Lipinski definition) is 5. The molecule has 2 N–H and O–H groups in total. The molecule has 1 aromatic carbocycles. The Kier molecular flexibility index (Phi) is 4.31. The summed E-state index contributed by atoms with van der Waals surface area (Å²) in [4.78, 5) is 11.8. The van der Waals surface area contributed by atoms with Crippen LogP contribution in [0.4, 0.5) is 5.82 Å². The number of piperidine rings is 1. The summed E-state index contributed by atoms with van der Waals surface area (Å²) in [5.41, 5.74) is 8.39. The molecule has 0 amide bonds. The number of fused-ring (bicyclic) bond motifs is 1. The molecule has 0 bridgehead atoms. The first-order chi connectivity index (χ1) is 10.3. The molecule has 3 rings (SSSR count). The highest BCUT2D eigenvalue weighted by molar-refractivity contribution is 5.76. The maximum atomic E-state index is 5.73. The van der Waals surface area contributed by atoms with Gasteiger partial charge in [0.05, 0.1) is 29.4 Å². The van der Waals surface area contributed by atoms with Crippen molar-refractivity contribution in [3.05, 3.63) is 30.0 Å². The molecule has 1 aliphatic heterocycles. The number of ether oxygens (including phenoxy) is 1. The molecule has 1 aromatic heterocycles. The summed E-state index contributed by atoms with van der Waals surface area (Å²) in [5.74, 6) is 1.01. The van der Waals surface area contributed by atoms with Gasteiger partial charge in [0.1, 0.15) is 0 Å². The van der Waals surface area contributed by atoms with Gasteiger partial charge in [-0.3, -0.25) is 0 Å². The fourth-order valence-corrected chi connectivity index (χ4v) is 2.85. The molecule has 2 aromatic rings. The van der Waals surface area contributed by atoms with Gasteiger partial charge in [0, 0.05) is 19.6 Å². The lowest BCUT2D eigenvalue weighted by atomic mass is 10.1. The number of nitrogens with two attached hydrogens (primary N) is 1. The second kappa shape index (κ2) is 6.37. The Labute approximate surface area is 125 Å². The van der Waals surface area contributed by atoms with Gasteiger partial charge in [0.25, 0.3) is 0 Å². The van der Waals surface area contributed by atoms with Crippen LogP contribution >= 0.6 is 0 Å². The standard InChI is InChI=1S/C16H22N4O/c1-12-16(19-15-5-3-2-4-14(15)18-12)20-9-6-13(7-10-20)21-11-8-17/h2-5,13H,6-11,17H2,1H3. The van der Waals surface area contributed by atoms with E-state index in [1.54, 1.807) is 0 Å². The molecule has 0 radical (unpaired) electrons. The van der Waals surface area contributed by atoms with Gasteiger partial charge in [0.15, 0.2) is 5.82 Å². The second-order valence-corrected chi connectivity index (χ2v) is 5.47. The van der Waals surface area contributed by atoms with Gasteiger partial charge in [-0.1, -0.05) is 12.1 Å². The largest absolute Gasteiger partial charge is 0.377 e. The van der Waals surface area contributed by atoms with Crippen molar-refractivity contribution >= 4 is 16.9 Å². The van der Waals surface area contributed by atoms with E-state index >= 15 is 0 Å². The number of hydrogen-bond donors (Lipinski definition) is 1. The zero-order valence-corrected chi connectivity index (χ0v) is 12.5. The molecule has 1 fully saturated rings. The number of anilines is 1. The number of aromatic nitrogens is 2. The van der Waals surface area contributed by atoms with Crippen LogP contribution in [0.5, 0.6) is 0 Å². The lowest BCUT2D eigenvalue weighted by molar-refractivity contribution is 0.0421. The highest BCUT2D eigenvalue weighted by Crippen LogP contribution is 2.24. The van der Waals surface area contributed by atoms with Gasteiger partial charge < -0.3 is 15.4 Å². The molecule has 5 heteroatoms. The van der Waals surface area contributed by atoms with Gasteiger partial charge >= 0.3 is 0 Å². The van der Waals surface area contributed by atoms with Crippen LogP contribution in [0.1, 0.15) is 18.5 Å². The van der Waals surface area contributed by atoms with Crippen molar-refractivity contribution in [2.24, 2.45) is 5.73 Å². The van der Waals surface area contributed by atoms with Crippen LogP contribution in [0.25, 0.3) is 11.0 Å². The first-order valence-electron chi connectivity index (χ1n) is 7.58. The molecule has 21 heavy (non-hydrogen) atoms. The molecule has 0 aliphatic carbocycles. The van der Waals surface area contributed by atoms with Crippen molar-refractivity contribution in [3.8, 4) is 0 Å². The summed E-state index contributed by atoms with van der Waals surface area (Å²) in [6.45, 7) is 5.20. The number of aryl methyl sites for hydroxylation is 1. The summed E-state index contributed by atoms with van der Waals surface area (Å²) >= 11 is 0. The summed E-state index contributed by atoms with van der Waals surface area (Å²) in [5, 5.41) is 0. The van der Waals surface area contributed by atoms with E-state index in [0.29, 0.717) is 19.3 Å². The van der Waals surface area contributed by atoms with Gasteiger partial charge in [0.2, 0.25) is 0 Å². The van der Waals surface area contributed by atoms with Crippen molar-refractivity contribution in [2.75, 3.05) is 31.1 Å². The predicted molar refractivity (Wildman–Crippen MR) is 84.5 cm³/mol. The van der Waals surface area contributed by atoms with Crippen LogP contribution < -0.4 is 10.6 Å². The Hall–Kier alpha value is -1.72. The van der Waals surface area contributed by atoms with E-state index in [0.717, 1.165) is 48.5 Å². The van der Waals surface area contributed by atoms with Crippen molar-refractivity contribution in [1.82, 2.24) is 9.97 Å². The smallest absolute Gasteiger partial charge is 0.150 e. The predicted octanol–water partition coefficient (Wildman–Crippen LogP) is 1.88. The maximum absolute atomic E-state index is 5.73. The number of rotatable bonds is 4. The monoisotopic (exact) mass is 286 g/mol. The zero-order valence-electron chi connectivity index (χ0n) is 12.5. The fraction of sp³-hybridized carbons (Fsp3) is 0.500. The Morgan fingerprint density at radius 1 is 1.19 bits per heavy atom. The Balaban J connectivity index is 1.74. The summed E-state index contributed by atoms with van der Waals surface area (Å²) < 4.78 is 5.73. The average Bonchev–Trinajstić information content (AvgIpc) is 2.53. The minimum atomic E-state index is 0.332. The molecular formula is C16H22N4O. The summed E-state index contributed by atoms with van der Waals surface area (Å²) in [6, 6.07) is 8.02. The summed E-state index contributed by atoms with van der Waals surface area (Å²) in [6.07, 6.45) is 2.38. The van der Waals surface area contributed by atoms with E-state index in [9.17, 15) is 0 Å². The van der Waals surface area contributed by atoms with Gasteiger partial charge in [-0.05, 0) is 31.9 Å². The molecule has 0 saturated carbocycles. The van der Waals surface area contributed by atoms with Crippen LogP contribution in [0, 0.1) is 6.92 Å². The normalized spacial score (nSPS) is 16.6. The van der Waals surface area contributed by atoms with Crippen LogP contribution in [0.2, 0.25) is 0 Å². The average molecular weight is 286 g/mol. The van der Waals surface area contributed by atoms with E-state index in [1.165, 1.54) is 0 Å². The van der Waals surface area contributed by atoms with Crippen molar-refractivity contribution < 1.29 is 4.74 Å². The fourth-order valence-electron chi connectivity index (χ4n) is 2.85. The minimum Gasteiger partial charge on any atom is -0.377 e. The lowest BCUT2D eigenvalue weighted by Crippen LogP contribution is -2.38. The zero-order chi connectivity index (χ0) is 14.7. The Bertz CT molecular complexity index is 608. The maximum Gasteiger partial charge on any atom is 0.150 e. The third-order valence-corrected chi connectivity index (χ3v) is 3.93. The van der Waals surface area contributed by atoms with E-state index in [-0.39, 0.29) is 0 Å². The number of para-hydroxylation sites is 2. The third-order valence-electron chi connectivity index (χ3n) is 3.93.